The quantitative estimate of drug-likeness (QED) is 0.805. The van der Waals surface area contributed by atoms with Gasteiger partial charge in [0, 0.05) is 11.8 Å². The lowest BCUT2D eigenvalue weighted by Gasteiger charge is -2.04. The summed E-state index contributed by atoms with van der Waals surface area (Å²) >= 11 is 5.75. The molecule has 0 aliphatic heterocycles. The summed E-state index contributed by atoms with van der Waals surface area (Å²) in [6.07, 6.45) is 1.06. The summed E-state index contributed by atoms with van der Waals surface area (Å²) in [6.45, 7) is -0.201. The lowest BCUT2D eigenvalue weighted by Crippen LogP contribution is -2.14. The number of carbonyl (C=O) groups excluding carboxylic acids is 1. The Labute approximate surface area is 93.0 Å². The Bertz CT molecular complexity index is 496. The SMILES string of the molecule is CS(=O)(=O)c1ccc(Cl)c(C(=O)CN)c1. The lowest BCUT2D eigenvalue weighted by molar-refractivity contribution is 0.100. The molecule has 0 bridgehead atoms. The number of rotatable bonds is 3. The monoisotopic (exact) mass is 247 g/mol. The van der Waals surface area contributed by atoms with Crippen molar-refractivity contribution in [3.8, 4) is 0 Å². The average Bonchev–Trinajstić information content (AvgIpc) is 2.15. The fourth-order valence-corrected chi connectivity index (χ4v) is 1.93. The van der Waals surface area contributed by atoms with Gasteiger partial charge in [-0.05, 0) is 18.2 Å². The minimum atomic E-state index is -3.34. The molecule has 0 fully saturated rings. The van der Waals surface area contributed by atoms with Crippen LogP contribution in [0, 0.1) is 0 Å². The standard InChI is InChI=1S/C9H10ClNO3S/c1-15(13,14)6-2-3-8(10)7(4-6)9(12)5-11/h2-4H,5,11H2,1H3. The number of nitrogens with two attached hydrogens (primary N) is 1. The molecule has 0 aromatic heterocycles. The third-order valence-electron chi connectivity index (χ3n) is 1.85. The van der Waals surface area contributed by atoms with Crippen molar-refractivity contribution in [3.63, 3.8) is 0 Å². The Morgan fingerprint density at radius 2 is 2.07 bits per heavy atom. The number of halogens is 1. The minimum absolute atomic E-state index is 0.0590. The number of ketones is 1. The van der Waals surface area contributed by atoms with Crippen molar-refractivity contribution < 1.29 is 13.2 Å². The normalized spacial score (nSPS) is 11.4. The van der Waals surface area contributed by atoms with Gasteiger partial charge >= 0.3 is 0 Å². The van der Waals surface area contributed by atoms with E-state index in [4.69, 9.17) is 17.3 Å². The molecule has 1 rings (SSSR count). The summed E-state index contributed by atoms with van der Waals surface area (Å²) in [5.74, 6) is -0.384. The molecule has 0 saturated heterocycles. The molecule has 1 aromatic rings. The summed E-state index contributed by atoms with van der Waals surface area (Å²) in [7, 11) is -3.34. The number of Topliss-reactive ketones (excluding diaryl/α,β-unsaturated/α-hetero) is 1. The van der Waals surface area contributed by atoms with E-state index in [0.717, 1.165) is 6.26 Å². The van der Waals surface area contributed by atoms with Crippen LogP contribution in [0.25, 0.3) is 0 Å². The summed E-state index contributed by atoms with van der Waals surface area (Å²) in [6, 6.07) is 3.97. The third-order valence-corrected chi connectivity index (χ3v) is 3.29. The minimum Gasteiger partial charge on any atom is -0.324 e. The molecular weight excluding hydrogens is 238 g/mol. The number of hydrogen-bond donors (Lipinski definition) is 1. The smallest absolute Gasteiger partial charge is 0.177 e. The molecule has 0 radical (unpaired) electrons. The molecule has 6 heteroatoms. The Hall–Kier alpha value is -0.910. The van der Waals surface area contributed by atoms with Crippen LogP contribution in [0.15, 0.2) is 23.1 Å². The van der Waals surface area contributed by atoms with Crippen LogP contribution in [0.4, 0.5) is 0 Å². The molecule has 0 aliphatic rings. The first-order valence-corrected chi connectivity index (χ1v) is 6.36. The van der Waals surface area contributed by atoms with Gasteiger partial charge in [-0.3, -0.25) is 4.79 Å². The van der Waals surface area contributed by atoms with Gasteiger partial charge in [-0.15, -0.1) is 0 Å². The number of sulfone groups is 1. The maximum absolute atomic E-state index is 11.3. The van der Waals surface area contributed by atoms with Gasteiger partial charge in [-0.1, -0.05) is 11.6 Å². The predicted molar refractivity (Wildman–Crippen MR) is 57.9 cm³/mol. The van der Waals surface area contributed by atoms with Gasteiger partial charge in [0.05, 0.1) is 16.5 Å². The zero-order chi connectivity index (χ0) is 11.6. The van der Waals surface area contributed by atoms with Crippen LogP contribution in [-0.4, -0.2) is 27.0 Å². The largest absolute Gasteiger partial charge is 0.324 e. The Kier molecular flexibility index (Phi) is 3.49. The molecule has 2 N–H and O–H groups in total. The van der Waals surface area contributed by atoms with Crippen LogP contribution in [0.3, 0.4) is 0 Å². The van der Waals surface area contributed by atoms with Crippen molar-refractivity contribution in [1.82, 2.24) is 0 Å². The Balaban J connectivity index is 3.36. The Morgan fingerprint density at radius 3 is 2.53 bits per heavy atom. The topological polar surface area (TPSA) is 77.2 Å². The van der Waals surface area contributed by atoms with E-state index >= 15 is 0 Å². The van der Waals surface area contributed by atoms with Gasteiger partial charge in [0.1, 0.15) is 0 Å². The number of hydrogen-bond acceptors (Lipinski definition) is 4. The van der Waals surface area contributed by atoms with Gasteiger partial charge in [-0.25, -0.2) is 8.42 Å². The van der Waals surface area contributed by atoms with Gasteiger partial charge in [0.2, 0.25) is 0 Å². The van der Waals surface area contributed by atoms with Crippen LogP contribution in [0.2, 0.25) is 5.02 Å². The average molecular weight is 248 g/mol. The van der Waals surface area contributed by atoms with E-state index in [1.165, 1.54) is 18.2 Å². The molecule has 0 spiro atoms. The van der Waals surface area contributed by atoms with E-state index in [-0.39, 0.29) is 27.8 Å². The fraction of sp³-hybridized carbons (Fsp3) is 0.222. The van der Waals surface area contributed by atoms with E-state index < -0.39 is 9.84 Å². The van der Waals surface area contributed by atoms with Crippen molar-refractivity contribution in [1.29, 1.82) is 0 Å². The van der Waals surface area contributed by atoms with Gasteiger partial charge in [0.25, 0.3) is 0 Å². The molecule has 0 aliphatic carbocycles. The second-order valence-electron chi connectivity index (χ2n) is 3.04. The third kappa shape index (κ3) is 2.77. The van der Waals surface area contributed by atoms with Crippen molar-refractivity contribution >= 4 is 27.2 Å². The Morgan fingerprint density at radius 1 is 1.47 bits per heavy atom. The molecule has 0 heterocycles. The highest BCUT2D eigenvalue weighted by molar-refractivity contribution is 7.90. The highest BCUT2D eigenvalue weighted by atomic mass is 35.5. The van der Waals surface area contributed by atoms with E-state index in [2.05, 4.69) is 0 Å². The van der Waals surface area contributed by atoms with Crippen molar-refractivity contribution in [2.24, 2.45) is 5.73 Å². The molecule has 0 saturated carbocycles. The second kappa shape index (κ2) is 4.30. The van der Waals surface area contributed by atoms with Crippen molar-refractivity contribution in [2.75, 3.05) is 12.8 Å². The first-order chi connectivity index (χ1) is 6.86. The molecule has 1 aromatic carbocycles. The van der Waals surface area contributed by atoms with Gasteiger partial charge < -0.3 is 5.73 Å². The van der Waals surface area contributed by atoms with Gasteiger partial charge in [-0.2, -0.15) is 0 Å². The molecule has 15 heavy (non-hydrogen) atoms. The van der Waals surface area contributed by atoms with E-state index in [1.54, 1.807) is 0 Å². The molecule has 0 atom stereocenters. The molecule has 0 unspecified atom stereocenters. The summed E-state index contributed by atoms with van der Waals surface area (Å²) in [5.41, 5.74) is 5.32. The van der Waals surface area contributed by atoms with E-state index in [9.17, 15) is 13.2 Å². The van der Waals surface area contributed by atoms with Crippen LogP contribution < -0.4 is 5.73 Å². The summed E-state index contributed by atoms with van der Waals surface area (Å²) in [5, 5.41) is 0.206. The lowest BCUT2D eigenvalue weighted by atomic mass is 10.1. The van der Waals surface area contributed by atoms with Crippen LogP contribution in [0.1, 0.15) is 10.4 Å². The maximum atomic E-state index is 11.3. The first kappa shape index (κ1) is 12.2. The van der Waals surface area contributed by atoms with Crippen LogP contribution in [-0.2, 0) is 9.84 Å². The van der Waals surface area contributed by atoms with E-state index in [1.807, 2.05) is 0 Å². The summed E-state index contributed by atoms with van der Waals surface area (Å²) in [4.78, 5) is 11.4. The van der Waals surface area contributed by atoms with Gasteiger partial charge in [0.15, 0.2) is 15.6 Å². The van der Waals surface area contributed by atoms with Crippen LogP contribution in [0.5, 0.6) is 0 Å². The highest BCUT2D eigenvalue weighted by Crippen LogP contribution is 2.20. The maximum Gasteiger partial charge on any atom is 0.177 e. The zero-order valence-corrected chi connectivity index (χ0v) is 9.60. The van der Waals surface area contributed by atoms with E-state index in [0.29, 0.717) is 0 Å². The second-order valence-corrected chi connectivity index (χ2v) is 5.46. The number of carbonyl (C=O) groups is 1. The molecule has 0 amide bonds. The zero-order valence-electron chi connectivity index (χ0n) is 8.03. The predicted octanol–water partition coefficient (Wildman–Crippen LogP) is 0.885. The number of benzene rings is 1. The fourth-order valence-electron chi connectivity index (χ4n) is 1.06. The van der Waals surface area contributed by atoms with Crippen molar-refractivity contribution in [2.45, 2.75) is 4.90 Å². The van der Waals surface area contributed by atoms with Crippen LogP contribution >= 0.6 is 11.6 Å². The molecule has 4 nitrogen and oxygen atoms in total. The van der Waals surface area contributed by atoms with Crippen molar-refractivity contribution in [3.05, 3.63) is 28.8 Å². The first-order valence-electron chi connectivity index (χ1n) is 4.09. The molecule has 82 valence electrons. The summed E-state index contributed by atoms with van der Waals surface area (Å²) < 4.78 is 22.4. The molecular formula is C9H10ClNO3S. The highest BCUT2D eigenvalue weighted by Gasteiger charge is 2.14.